The van der Waals surface area contributed by atoms with E-state index in [4.69, 9.17) is 0 Å². The highest BCUT2D eigenvalue weighted by molar-refractivity contribution is 5.81. The smallest absolute Gasteiger partial charge is 0.250 e. The van der Waals surface area contributed by atoms with E-state index in [9.17, 15) is 13.6 Å². The zero-order valence-corrected chi connectivity index (χ0v) is 8.81. The van der Waals surface area contributed by atoms with Crippen LogP contribution in [0.1, 0.15) is 20.8 Å². The highest BCUT2D eigenvalue weighted by Gasteiger charge is 2.13. The van der Waals surface area contributed by atoms with Gasteiger partial charge in [-0.15, -0.1) is 0 Å². The number of carbonyl (C=O) groups excluding carboxylic acids is 1. The van der Waals surface area contributed by atoms with Gasteiger partial charge in [-0.1, -0.05) is 13.8 Å². The molecular weight excluding hydrogens is 190 g/mol. The van der Waals surface area contributed by atoms with Crippen LogP contribution in [0, 0.1) is 5.92 Å². The second-order valence-corrected chi connectivity index (χ2v) is 3.66. The second kappa shape index (κ2) is 6.70. The lowest BCUT2D eigenvalue weighted by molar-refractivity contribution is -0.123. The highest BCUT2D eigenvalue weighted by Crippen LogP contribution is 1.92. The molecule has 0 aromatic heterocycles. The fourth-order valence-electron chi connectivity index (χ4n) is 0.816. The highest BCUT2D eigenvalue weighted by atomic mass is 19.3. The predicted molar refractivity (Wildman–Crippen MR) is 51.3 cm³/mol. The van der Waals surface area contributed by atoms with Crippen molar-refractivity contribution in [2.45, 2.75) is 33.2 Å². The van der Waals surface area contributed by atoms with Crippen molar-refractivity contribution < 1.29 is 13.6 Å². The van der Waals surface area contributed by atoms with Crippen LogP contribution in [0.2, 0.25) is 0 Å². The third-order valence-corrected chi connectivity index (χ3v) is 1.66. The third-order valence-electron chi connectivity index (χ3n) is 1.66. The average Bonchev–Trinajstić information content (AvgIpc) is 2.09. The molecule has 0 saturated carbocycles. The van der Waals surface area contributed by atoms with Crippen LogP contribution in [0.15, 0.2) is 0 Å². The van der Waals surface area contributed by atoms with Crippen LogP contribution in [0.4, 0.5) is 8.78 Å². The van der Waals surface area contributed by atoms with Crippen molar-refractivity contribution in [2.75, 3.05) is 13.1 Å². The Labute approximate surface area is 83.3 Å². The average molecular weight is 208 g/mol. The van der Waals surface area contributed by atoms with Crippen molar-refractivity contribution in [3.63, 3.8) is 0 Å². The standard InChI is InChI=1S/C9H18F2N2O/c1-6(2)4-13-9(14)7(3)12-5-8(10)11/h6-8,12H,4-5H2,1-3H3,(H,13,14). The summed E-state index contributed by atoms with van der Waals surface area (Å²) < 4.78 is 23.6. The Kier molecular flexibility index (Phi) is 6.36. The molecule has 1 amide bonds. The van der Waals surface area contributed by atoms with Crippen molar-refractivity contribution in [1.29, 1.82) is 0 Å². The van der Waals surface area contributed by atoms with E-state index >= 15 is 0 Å². The first kappa shape index (κ1) is 13.3. The van der Waals surface area contributed by atoms with Gasteiger partial charge in [0, 0.05) is 6.54 Å². The molecule has 1 atom stereocenters. The van der Waals surface area contributed by atoms with E-state index in [2.05, 4.69) is 10.6 Å². The summed E-state index contributed by atoms with van der Waals surface area (Å²) in [5.41, 5.74) is 0. The Morgan fingerprint density at radius 3 is 2.21 bits per heavy atom. The normalized spacial score (nSPS) is 13.4. The Morgan fingerprint density at radius 1 is 1.21 bits per heavy atom. The minimum absolute atomic E-state index is 0.237. The molecule has 14 heavy (non-hydrogen) atoms. The minimum Gasteiger partial charge on any atom is -0.354 e. The van der Waals surface area contributed by atoms with Crippen LogP contribution in [0.5, 0.6) is 0 Å². The van der Waals surface area contributed by atoms with Gasteiger partial charge in [0.05, 0.1) is 12.6 Å². The SMILES string of the molecule is CC(C)CNC(=O)C(C)NCC(F)F. The maximum absolute atomic E-state index is 11.8. The topological polar surface area (TPSA) is 41.1 Å². The predicted octanol–water partition coefficient (Wildman–Crippen LogP) is 1.00. The molecule has 0 spiro atoms. The molecule has 0 heterocycles. The van der Waals surface area contributed by atoms with Crippen molar-refractivity contribution in [3.05, 3.63) is 0 Å². The van der Waals surface area contributed by atoms with E-state index in [0.717, 1.165) is 0 Å². The lowest BCUT2D eigenvalue weighted by Gasteiger charge is -2.14. The first-order valence-corrected chi connectivity index (χ1v) is 4.72. The zero-order valence-electron chi connectivity index (χ0n) is 8.81. The lowest BCUT2D eigenvalue weighted by Crippen LogP contribution is -2.44. The van der Waals surface area contributed by atoms with Crippen LogP contribution in [0.25, 0.3) is 0 Å². The molecule has 0 radical (unpaired) electrons. The van der Waals surface area contributed by atoms with Gasteiger partial charge < -0.3 is 10.6 Å². The van der Waals surface area contributed by atoms with Crippen LogP contribution >= 0.6 is 0 Å². The summed E-state index contributed by atoms with van der Waals surface area (Å²) in [4.78, 5) is 11.2. The van der Waals surface area contributed by atoms with Gasteiger partial charge in [0.15, 0.2) is 0 Å². The van der Waals surface area contributed by atoms with Gasteiger partial charge in [-0.05, 0) is 12.8 Å². The van der Waals surface area contributed by atoms with E-state index in [1.807, 2.05) is 13.8 Å². The van der Waals surface area contributed by atoms with Crippen LogP contribution < -0.4 is 10.6 Å². The summed E-state index contributed by atoms with van der Waals surface area (Å²) in [5, 5.41) is 5.10. The first-order chi connectivity index (χ1) is 6.43. The molecule has 0 aromatic rings. The van der Waals surface area contributed by atoms with Gasteiger partial charge in [0.25, 0.3) is 6.43 Å². The number of carbonyl (C=O) groups is 1. The summed E-state index contributed by atoms with van der Waals surface area (Å²) in [6.07, 6.45) is -2.42. The molecule has 0 bridgehead atoms. The number of nitrogens with one attached hydrogen (secondary N) is 2. The Morgan fingerprint density at radius 2 is 1.79 bits per heavy atom. The fourth-order valence-corrected chi connectivity index (χ4v) is 0.816. The molecular formula is C9H18F2N2O. The maximum atomic E-state index is 11.8. The number of hydrogen-bond acceptors (Lipinski definition) is 2. The monoisotopic (exact) mass is 208 g/mol. The Hall–Kier alpha value is -0.710. The molecule has 5 heteroatoms. The van der Waals surface area contributed by atoms with Gasteiger partial charge >= 0.3 is 0 Å². The van der Waals surface area contributed by atoms with Gasteiger partial charge in [-0.2, -0.15) is 0 Å². The van der Waals surface area contributed by atoms with Gasteiger partial charge in [0.1, 0.15) is 0 Å². The van der Waals surface area contributed by atoms with E-state index in [1.165, 1.54) is 0 Å². The molecule has 0 aromatic carbocycles. The summed E-state index contributed by atoms with van der Waals surface area (Å²) in [7, 11) is 0. The maximum Gasteiger partial charge on any atom is 0.250 e. The molecule has 0 aliphatic rings. The number of amides is 1. The van der Waals surface area contributed by atoms with E-state index in [1.54, 1.807) is 6.92 Å². The summed E-state index contributed by atoms with van der Waals surface area (Å²) in [6, 6.07) is -0.567. The quantitative estimate of drug-likeness (QED) is 0.683. The molecule has 0 saturated heterocycles. The van der Waals surface area contributed by atoms with Crippen LogP contribution in [-0.2, 0) is 4.79 Å². The number of hydrogen-bond donors (Lipinski definition) is 2. The first-order valence-electron chi connectivity index (χ1n) is 4.72. The Balaban J connectivity index is 3.65. The zero-order chi connectivity index (χ0) is 11.1. The second-order valence-electron chi connectivity index (χ2n) is 3.66. The van der Waals surface area contributed by atoms with Gasteiger partial charge in [-0.3, -0.25) is 4.79 Å². The molecule has 0 fully saturated rings. The third kappa shape index (κ3) is 6.77. The number of alkyl halides is 2. The summed E-state index contributed by atoms with van der Waals surface area (Å²) in [5.74, 6) is 0.126. The molecule has 2 N–H and O–H groups in total. The molecule has 0 aliphatic heterocycles. The van der Waals surface area contributed by atoms with E-state index in [-0.39, 0.29) is 5.91 Å². The molecule has 3 nitrogen and oxygen atoms in total. The Bertz CT molecular complexity index is 174. The molecule has 84 valence electrons. The van der Waals surface area contributed by atoms with Gasteiger partial charge in [-0.25, -0.2) is 8.78 Å². The fraction of sp³-hybridized carbons (Fsp3) is 0.889. The van der Waals surface area contributed by atoms with E-state index in [0.29, 0.717) is 12.5 Å². The van der Waals surface area contributed by atoms with Crippen LogP contribution in [0.3, 0.4) is 0 Å². The lowest BCUT2D eigenvalue weighted by atomic mass is 10.2. The molecule has 0 aliphatic carbocycles. The molecule has 0 rings (SSSR count). The summed E-state index contributed by atoms with van der Waals surface area (Å²) in [6.45, 7) is 5.63. The number of rotatable bonds is 6. The molecule has 1 unspecified atom stereocenters. The van der Waals surface area contributed by atoms with E-state index < -0.39 is 19.0 Å². The van der Waals surface area contributed by atoms with Crippen molar-refractivity contribution in [3.8, 4) is 0 Å². The van der Waals surface area contributed by atoms with Crippen molar-refractivity contribution in [1.82, 2.24) is 10.6 Å². The largest absolute Gasteiger partial charge is 0.354 e. The van der Waals surface area contributed by atoms with Gasteiger partial charge in [0.2, 0.25) is 5.91 Å². The van der Waals surface area contributed by atoms with Crippen molar-refractivity contribution in [2.24, 2.45) is 5.92 Å². The summed E-state index contributed by atoms with van der Waals surface area (Å²) >= 11 is 0. The van der Waals surface area contributed by atoms with Crippen LogP contribution in [-0.4, -0.2) is 31.5 Å². The minimum atomic E-state index is -2.42. The van der Waals surface area contributed by atoms with Crippen molar-refractivity contribution >= 4 is 5.91 Å². The number of halogens is 2.